The molecule has 0 aromatic heterocycles. The fourth-order valence-corrected chi connectivity index (χ4v) is 3.63. The second-order valence-corrected chi connectivity index (χ2v) is 6.75. The third-order valence-electron chi connectivity index (χ3n) is 2.78. The van der Waals surface area contributed by atoms with Crippen LogP contribution in [0.5, 0.6) is 0 Å². The van der Waals surface area contributed by atoms with Crippen LogP contribution >= 0.6 is 0 Å². The lowest BCUT2D eigenvalue weighted by molar-refractivity contribution is -0.123. The average molecular weight is 300 g/mol. The molecule has 1 rings (SSSR count). The van der Waals surface area contributed by atoms with Crippen LogP contribution in [0, 0.1) is 0 Å². The largest absolute Gasteiger partial charge is 0.395 e. The molecule has 1 aliphatic rings. The Hall–Kier alpha value is -0.800. The summed E-state index contributed by atoms with van der Waals surface area (Å²) in [5.74, 6) is -0.570. The van der Waals surface area contributed by atoms with Crippen molar-refractivity contribution in [1.29, 1.82) is 0 Å². The van der Waals surface area contributed by atoms with Crippen LogP contribution in [0.2, 0.25) is 0 Å². The van der Waals surface area contributed by atoms with Crippen LogP contribution in [-0.2, 0) is 14.6 Å². The van der Waals surface area contributed by atoms with Crippen molar-refractivity contribution in [2.24, 2.45) is 0 Å². The number of hydrogen-bond acceptors (Lipinski definition) is 5. The molecule has 0 aromatic rings. The number of carbonyl (C=O) groups excluding carboxylic acids is 1. The first-order valence-electron chi connectivity index (χ1n) is 5.93. The summed E-state index contributed by atoms with van der Waals surface area (Å²) in [5, 5.41) is 11.2. The van der Waals surface area contributed by atoms with Crippen LogP contribution in [0.25, 0.3) is 0 Å². The zero-order valence-corrected chi connectivity index (χ0v) is 11.2. The van der Waals surface area contributed by atoms with Crippen molar-refractivity contribution < 1.29 is 27.1 Å². The van der Waals surface area contributed by atoms with Gasteiger partial charge in [-0.25, -0.2) is 17.2 Å². The van der Waals surface area contributed by atoms with E-state index in [0.717, 1.165) is 4.90 Å². The maximum atomic E-state index is 12.2. The van der Waals surface area contributed by atoms with E-state index in [-0.39, 0.29) is 31.2 Å². The molecule has 6 nitrogen and oxygen atoms in total. The van der Waals surface area contributed by atoms with Crippen molar-refractivity contribution in [3.63, 3.8) is 0 Å². The van der Waals surface area contributed by atoms with Gasteiger partial charge < -0.3 is 10.4 Å². The Labute approximate surface area is 110 Å². The van der Waals surface area contributed by atoms with Gasteiger partial charge in [-0.1, -0.05) is 0 Å². The molecule has 0 saturated carbocycles. The van der Waals surface area contributed by atoms with Crippen LogP contribution < -0.4 is 5.32 Å². The highest BCUT2D eigenvalue weighted by atomic mass is 32.2. The maximum absolute atomic E-state index is 12.2. The molecule has 1 saturated heterocycles. The van der Waals surface area contributed by atoms with Crippen molar-refractivity contribution in [3.05, 3.63) is 0 Å². The van der Waals surface area contributed by atoms with Crippen LogP contribution in [0.4, 0.5) is 8.78 Å². The van der Waals surface area contributed by atoms with Gasteiger partial charge in [0.25, 0.3) is 6.43 Å². The first-order chi connectivity index (χ1) is 8.82. The standard InChI is InChI=1S/C10H18F2N2O4S/c11-9(12)5-14(2-3-15)6-10(16)13-8-1-4-19(17,18)7-8/h8-9,15H,1-7H2,(H,13,16). The summed E-state index contributed by atoms with van der Waals surface area (Å²) < 4.78 is 46.9. The van der Waals surface area contributed by atoms with E-state index < -0.39 is 34.8 Å². The summed E-state index contributed by atoms with van der Waals surface area (Å²) in [4.78, 5) is 12.7. The molecule has 112 valence electrons. The Kier molecular flexibility index (Phi) is 6.08. The molecular weight excluding hydrogens is 282 g/mol. The molecule has 1 atom stereocenters. The SMILES string of the molecule is O=C(CN(CCO)CC(F)F)NC1CCS(=O)(=O)C1. The predicted octanol–water partition coefficient (Wildman–Crippen LogP) is -1.15. The number of hydrogen-bond donors (Lipinski definition) is 2. The molecule has 1 unspecified atom stereocenters. The van der Waals surface area contributed by atoms with Gasteiger partial charge in [0, 0.05) is 12.6 Å². The van der Waals surface area contributed by atoms with Crippen LogP contribution in [0.3, 0.4) is 0 Å². The number of carbonyl (C=O) groups is 1. The average Bonchev–Trinajstić information content (AvgIpc) is 2.56. The van der Waals surface area contributed by atoms with E-state index in [9.17, 15) is 22.0 Å². The molecule has 2 N–H and O–H groups in total. The van der Waals surface area contributed by atoms with E-state index in [1.165, 1.54) is 0 Å². The van der Waals surface area contributed by atoms with Gasteiger partial charge in [-0.3, -0.25) is 9.69 Å². The van der Waals surface area contributed by atoms with Gasteiger partial charge in [0.2, 0.25) is 5.91 Å². The lowest BCUT2D eigenvalue weighted by Crippen LogP contribution is -2.44. The summed E-state index contributed by atoms with van der Waals surface area (Å²) in [5.41, 5.74) is 0. The molecule has 1 amide bonds. The molecule has 19 heavy (non-hydrogen) atoms. The Balaban J connectivity index is 2.40. The highest BCUT2D eigenvalue weighted by Gasteiger charge is 2.29. The molecule has 0 aliphatic carbocycles. The van der Waals surface area contributed by atoms with Crippen LogP contribution in [-0.4, -0.2) is 74.5 Å². The molecular formula is C10H18F2N2O4S. The predicted molar refractivity (Wildman–Crippen MR) is 64.7 cm³/mol. The minimum absolute atomic E-state index is 0.0271. The lowest BCUT2D eigenvalue weighted by atomic mass is 10.2. The minimum Gasteiger partial charge on any atom is -0.395 e. The van der Waals surface area contributed by atoms with Crippen molar-refractivity contribution in [1.82, 2.24) is 10.2 Å². The van der Waals surface area contributed by atoms with E-state index in [4.69, 9.17) is 5.11 Å². The second-order valence-electron chi connectivity index (χ2n) is 4.52. The molecule has 0 aromatic carbocycles. The molecule has 1 fully saturated rings. The Morgan fingerprint density at radius 2 is 2.16 bits per heavy atom. The summed E-state index contributed by atoms with van der Waals surface area (Å²) in [6, 6.07) is -0.444. The fourth-order valence-electron chi connectivity index (χ4n) is 1.96. The summed E-state index contributed by atoms with van der Waals surface area (Å²) in [6.07, 6.45) is -2.24. The normalized spacial score (nSPS) is 22.1. The number of aliphatic hydroxyl groups excluding tert-OH is 1. The third-order valence-corrected chi connectivity index (χ3v) is 4.55. The molecule has 0 radical (unpaired) electrons. The van der Waals surface area contributed by atoms with E-state index in [2.05, 4.69) is 5.32 Å². The maximum Gasteiger partial charge on any atom is 0.251 e. The molecule has 0 spiro atoms. The molecule has 0 bridgehead atoms. The summed E-state index contributed by atoms with van der Waals surface area (Å²) >= 11 is 0. The monoisotopic (exact) mass is 300 g/mol. The topological polar surface area (TPSA) is 86.7 Å². The number of sulfone groups is 1. The van der Waals surface area contributed by atoms with Crippen molar-refractivity contribution in [2.45, 2.75) is 18.9 Å². The quantitative estimate of drug-likeness (QED) is 0.620. The molecule has 1 aliphatic heterocycles. The third kappa shape index (κ3) is 6.26. The van der Waals surface area contributed by atoms with E-state index >= 15 is 0 Å². The smallest absolute Gasteiger partial charge is 0.251 e. The fraction of sp³-hybridized carbons (Fsp3) is 0.900. The van der Waals surface area contributed by atoms with Crippen molar-refractivity contribution in [2.75, 3.05) is 37.7 Å². The molecule has 9 heteroatoms. The Morgan fingerprint density at radius 3 is 2.63 bits per heavy atom. The minimum atomic E-state index is -3.09. The van der Waals surface area contributed by atoms with Gasteiger partial charge in [-0.05, 0) is 6.42 Å². The number of nitrogens with zero attached hydrogens (tertiary/aromatic N) is 1. The molecule has 1 heterocycles. The van der Waals surface area contributed by atoms with Gasteiger partial charge in [0.15, 0.2) is 9.84 Å². The Morgan fingerprint density at radius 1 is 1.47 bits per heavy atom. The van der Waals surface area contributed by atoms with E-state index in [0.29, 0.717) is 6.42 Å². The van der Waals surface area contributed by atoms with Gasteiger partial charge in [-0.15, -0.1) is 0 Å². The number of nitrogens with one attached hydrogen (secondary N) is 1. The first-order valence-corrected chi connectivity index (χ1v) is 7.75. The summed E-state index contributed by atoms with van der Waals surface area (Å²) in [6.45, 7) is -1.23. The highest BCUT2D eigenvalue weighted by Crippen LogP contribution is 2.11. The zero-order chi connectivity index (χ0) is 14.5. The second kappa shape index (κ2) is 7.11. The van der Waals surface area contributed by atoms with Crippen LogP contribution in [0.15, 0.2) is 0 Å². The number of aliphatic hydroxyl groups is 1. The highest BCUT2D eigenvalue weighted by molar-refractivity contribution is 7.91. The van der Waals surface area contributed by atoms with E-state index in [1.807, 2.05) is 0 Å². The van der Waals surface area contributed by atoms with Gasteiger partial charge >= 0.3 is 0 Å². The summed E-state index contributed by atoms with van der Waals surface area (Å²) in [7, 11) is -3.09. The van der Waals surface area contributed by atoms with Crippen molar-refractivity contribution in [3.8, 4) is 0 Å². The van der Waals surface area contributed by atoms with Gasteiger partial charge in [0.1, 0.15) is 0 Å². The first kappa shape index (κ1) is 16.3. The van der Waals surface area contributed by atoms with E-state index in [1.54, 1.807) is 0 Å². The number of amides is 1. The van der Waals surface area contributed by atoms with Crippen molar-refractivity contribution >= 4 is 15.7 Å². The lowest BCUT2D eigenvalue weighted by Gasteiger charge is -2.21. The zero-order valence-electron chi connectivity index (χ0n) is 10.4. The van der Waals surface area contributed by atoms with Crippen LogP contribution in [0.1, 0.15) is 6.42 Å². The number of rotatable bonds is 7. The van der Waals surface area contributed by atoms with Gasteiger partial charge in [0.05, 0.1) is 31.2 Å². The van der Waals surface area contributed by atoms with Gasteiger partial charge in [-0.2, -0.15) is 0 Å². The number of alkyl halides is 2. The number of halogens is 2. The Bertz CT molecular complexity index is 402.